The van der Waals surface area contributed by atoms with Crippen molar-refractivity contribution in [1.29, 1.82) is 0 Å². The van der Waals surface area contributed by atoms with E-state index in [2.05, 4.69) is 46.9 Å². The Labute approximate surface area is 212 Å². The first-order valence-electron chi connectivity index (χ1n) is 13.1. The summed E-state index contributed by atoms with van der Waals surface area (Å²) in [5.41, 5.74) is 1.65. The molecule has 2 aromatic carbocycles. The lowest BCUT2D eigenvalue weighted by Gasteiger charge is -2.33. The molecular formula is C29H36FN3O3. The highest BCUT2D eigenvalue weighted by molar-refractivity contribution is 5.94. The molecule has 6 nitrogen and oxygen atoms in total. The molecule has 0 bridgehead atoms. The van der Waals surface area contributed by atoms with E-state index >= 15 is 0 Å². The van der Waals surface area contributed by atoms with Gasteiger partial charge >= 0.3 is 0 Å². The molecule has 1 aromatic heterocycles. The monoisotopic (exact) mass is 493 g/mol. The second-order valence-corrected chi connectivity index (χ2v) is 10.0. The zero-order valence-electron chi connectivity index (χ0n) is 21.3. The standard InChI is InChI=1S/C29H36FN3O3/c1-21-5-3-13-31(21)14-4-18-36-25-7-9-27-22(19-25)10-17-33(27)24-11-15-32(16-12-24)29(34)23-6-8-26(30)28(20-23)35-2/h6-10,17,19-21,24H,3-5,11-16,18H2,1-2H3/t21-/m1/s1. The number of rotatable bonds is 8. The fraction of sp³-hybridized carbons (Fsp3) is 0.483. The van der Waals surface area contributed by atoms with E-state index in [1.807, 2.05) is 4.90 Å². The summed E-state index contributed by atoms with van der Waals surface area (Å²) in [4.78, 5) is 17.4. The predicted molar refractivity (Wildman–Crippen MR) is 139 cm³/mol. The Balaban J connectivity index is 1.15. The minimum absolute atomic E-state index is 0.0786. The average Bonchev–Trinajstić information content (AvgIpc) is 3.52. The van der Waals surface area contributed by atoms with Gasteiger partial charge in [0.15, 0.2) is 11.6 Å². The molecule has 2 aliphatic heterocycles. The van der Waals surface area contributed by atoms with Gasteiger partial charge in [0, 0.05) is 54.4 Å². The first kappa shape index (κ1) is 24.6. The first-order valence-corrected chi connectivity index (χ1v) is 13.1. The minimum Gasteiger partial charge on any atom is -0.494 e. The van der Waals surface area contributed by atoms with E-state index in [4.69, 9.17) is 9.47 Å². The predicted octanol–water partition coefficient (Wildman–Crippen LogP) is 5.52. The van der Waals surface area contributed by atoms with Crippen LogP contribution >= 0.6 is 0 Å². The van der Waals surface area contributed by atoms with Gasteiger partial charge in [0.25, 0.3) is 5.91 Å². The van der Waals surface area contributed by atoms with Crippen molar-refractivity contribution >= 4 is 16.8 Å². The molecule has 0 saturated carbocycles. The van der Waals surface area contributed by atoms with E-state index in [1.54, 1.807) is 0 Å². The van der Waals surface area contributed by atoms with Gasteiger partial charge in [-0.15, -0.1) is 0 Å². The van der Waals surface area contributed by atoms with Crippen LogP contribution in [0.15, 0.2) is 48.7 Å². The minimum atomic E-state index is -0.461. The van der Waals surface area contributed by atoms with E-state index in [0.29, 0.717) is 30.7 Å². The van der Waals surface area contributed by atoms with Crippen LogP contribution in [0.3, 0.4) is 0 Å². The number of halogens is 1. The number of amides is 1. The molecule has 2 saturated heterocycles. The van der Waals surface area contributed by atoms with E-state index in [1.165, 1.54) is 55.6 Å². The van der Waals surface area contributed by atoms with Crippen LogP contribution < -0.4 is 9.47 Å². The van der Waals surface area contributed by atoms with Gasteiger partial charge in [-0.2, -0.15) is 0 Å². The van der Waals surface area contributed by atoms with Gasteiger partial charge in [-0.25, -0.2) is 4.39 Å². The highest BCUT2D eigenvalue weighted by Gasteiger charge is 2.26. The molecule has 0 N–H and O–H groups in total. The van der Waals surface area contributed by atoms with Crippen LogP contribution in [0.1, 0.15) is 55.4 Å². The van der Waals surface area contributed by atoms with Gasteiger partial charge in [0.2, 0.25) is 0 Å². The van der Waals surface area contributed by atoms with Gasteiger partial charge in [0.1, 0.15) is 5.75 Å². The van der Waals surface area contributed by atoms with Crippen molar-refractivity contribution in [1.82, 2.24) is 14.4 Å². The lowest BCUT2D eigenvalue weighted by Crippen LogP contribution is -2.39. The SMILES string of the molecule is COc1cc(C(=O)N2CCC(n3ccc4cc(OCCCN5CCC[C@H]5C)ccc43)CC2)ccc1F. The smallest absolute Gasteiger partial charge is 0.253 e. The number of benzene rings is 2. The van der Waals surface area contributed by atoms with Crippen molar-refractivity contribution in [2.24, 2.45) is 0 Å². The van der Waals surface area contributed by atoms with Gasteiger partial charge in [-0.1, -0.05) is 0 Å². The van der Waals surface area contributed by atoms with Crippen molar-refractivity contribution in [3.05, 3.63) is 60.0 Å². The van der Waals surface area contributed by atoms with E-state index in [-0.39, 0.29) is 11.7 Å². The highest BCUT2D eigenvalue weighted by atomic mass is 19.1. The van der Waals surface area contributed by atoms with Crippen molar-refractivity contribution in [2.75, 3.05) is 39.9 Å². The number of piperidine rings is 1. The topological polar surface area (TPSA) is 46.9 Å². The van der Waals surface area contributed by atoms with Crippen LogP contribution in [0.2, 0.25) is 0 Å². The number of likely N-dealkylation sites (tertiary alicyclic amines) is 2. The molecule has 2 aliphatic rings. The molecule has 0 radical (unpaired) electrons. The van der Waals surface area contributed by atoms with Gasteiger partial charge in [0.05, 0.1) is 13.7 Å². The first-order chi connectivity index (χ1) is 17.5. The number of methoxy groups -OCH3 is 1. The second kappa shape index (κ2) is 10.9. The van der Waals surface area contributed by atoms with Crippen molar-refractivity contribution in [2.45, 2.75) is 51.1 Å². The fourth-order valence-corrected chi connectivity index (χ4v) is 5.66. The van der Waals surface area contributed by atoms with E-state index in [0.717, 1.165) is 38.2 Å². The molecule has 1 amide bonds. The Morgan fingerprint density at radius 2 is 1.89 bits per heavy atom. The number of nitrogens with zero attached hydrogens (tertiary/aromatic N) is 3. The lowest BCUT2D eigenvalue weighted by molar-refractivity contribution is 0.0695. The fourth-order valence-electron chi connectivity index (χ4n) is 5.66. The summed E-state index contributed by atoms with van der Waals surface area (Å²) in [5, 5.41) is 1.18. The maximum atomic E-state index is 13.7. The van der Waals surface area contributed by atoms with E-state index < -0.39 is 5.82 Å². The summed E-state index contributed by atoms with van der Waals surface area (Å²) in [6, 6.07) is 13.8. The summed E-state index contributed by atoms with van der Waals surface area (Å²) in [5.74, 6) is 0.478. The van der Waals surface area contributed by atoms with Gasteiger partial charge in [-0.3, -0.25) is 4.79 Å². The van der Waals surface area contributed by atoms with Crippen LogP contribution in [-0.2, 0) is 0 Å². The number of carbonyl (C=O) groups excluding carboxylic acids is 1. The van der Waals surface area contributed by atoms with Crippen LogP contribution in [0.5, 0.6) is 11.5 Å². The van der Waals surface area contributed by atoms with Crippen molar-refractivity contribution in [3.8, 4) is 11.5 Å². The summed E-state index contributed by atoms with van der Waals surface area (Å²) >= 11 is 0. The molecule has 192 valence electrons. The normalized spacial score (nSPS) is 19.2. The van der Waals surface area contributed by atoms with Crippen LogP contribution in [0.4, 0.5) is 4.39 Å². The average molecular weight is 494 g/mol. The maximum Gasteiger partial charge on any atom is 0.253 e. The number of hydrogen-bond acceptors (Lipinski definition) is 4. The zero-order valence-corrected chi connectivity index (χ0v) is 21.3. The molecule has 5 rings (SSSR count). The molecule has 7 heteroatoms. The number of carbonyl (C=O) groups is 1. The van der Waals surface area contributed by atoms with Crippen molar-refractivity contribution in [3.63, 3.8) is 0 Å². The number of ether oxygens (including phenoxy) is 2. The molecule has 3 aromatic rings. The van der Waals surface area contributed by atoms with Gasteiger partial charge in [-0.05, 0) is 88.0 Å². The Kier molecular flexibility index (Phi) is 7.46. The lowest BCUT2D eigenvalue weighted by atomic mass is 10.0. The highest BCUT2D eigenvalue weighted by Crippen LogP contribution is 2.31. The summed E-state index contributed by atoms with van der Waals surface area (Å²) in [6.07, 6.45) is 7.57. The Morgan fingerprint density at radius 1 is 1.06 bits per heavy atom. The molecule has 0 aliphatic carbocycles. The third-order valence-electron chi connectivity index (χ3n) is 7.78. The third-order valence-corrected chi connectivity index (χ3v) is 7.78. The van der Waals surface area contributed by atoms with Crippen molar-refractivity contribution < 1.29 is 18.7 Å². The van der Waals surface area contributed by atoms with E-state index in [9.17, 15) is 9.18 Å². The second-order valence-electron chi connectivity index (χ2n) is 10.0. The largest absolute Gasteiger partial charge is 0.494 e. The molecule has 36 heavy (non-hydrogen) atoms. The van der Waals surface area contributed by atoms with Crippen LogP contribution in [0, 0.1) is 5.82 Å². The summed E-state index contributed by atoms with van der Waals surface area (Å²) in [6.45, 7) is 6.71. The Hall–Kier alpha value is -3.06. The molecular weight excluding hydrogens is 457 g/mol. The number of fused-ring (bicyclic) bond motifs is 1. The van der Waals surface area contributed by atoms with Gasteiger partial charge < -0.3 is 23.8 Å². The Morgan fingerprint density at radius 3 is 2.64 bits per heavy atom. The number of hydrogen-bond donors (Lipinski definition) is 0. The summed E-state index contributed by atoms with van der Waals surface area (Å²) in [7, 11) is 1.41. The molecule has 2 fully saturated rings. The molecule has 0 unspecified atom stereocenters. The maximum absolute atomic E-state index is 13.7. The molecule has 0 spiro atoms. The molecule has 1 atom stereocenters. The van der Waals surface area contributed by atoms with Crippen LogP contribution in [0.25, 0.3) is 10.9 Å². The third kappa shape index (κ3) is 5.21. The zero-order chi connectivity index (χ0) is 25.1. The quantitative estimate of drug-likeness (QED) is 0.388. The van der Waals surface area contributed by atoms with Crippen LogP contribution in [-0.4, -0.2) is 66.2 Å². The molecule has 3 heterocycles. The number of aromatic nitrogens is 1. The Bertz CT molecular complexity index is 1200. The summed E-state index contributed by atoms with van der Waals surface area (Å²) < 4.78 is 27.1.